The van der Waals surface area contributed by atoms with Crippen molar-refractivity contribution >= 4 is 28.3 Å². The predicted octanol–water partition coefficient (Wildman–Crippen LogP) is 3.15. The fourth-order valence-corrected chi connectivity index (χ4v) is 2.71. The number of rotatable bonds is 2. The molecule has 0 radical (unpaired) electrons. The molecule has 0 spiro atoms. The van der Waals surface area contributed by atoms with E-state index in [1.54, 1.807) is 0 Å². The number of nitrogens with one attached hydrogen (secondary N) is 1. The van der Waals surface area contributed by atoms with Crippen LogP contribution in [0.2, 0.25) is 0 Å². The van der Waals surface area contributed by atoms with Gasteiger partial charge in [-0.3, -0.25) is 0 Å². The van der Waals surface area contributed by atoms with E-state index < -0.39 is 17.7 Å². The van der Waals surface area contributed by atoms with Crippen LogP contribution in [0.25, 0.3) is 0 Å². The van der Waals surface area contributed by atoms with Gasteiger partial charge in [0.2, 0.25) is 0 Å². The van der Waals surface area contributed by atoms with Gasteiger partial charge in [0.15, 0.2) is 0 Å². The van der Waals surface area contributed by atoms with Crippen LogP contribution in [0, 0.1) is 17.6 Å². The van der Waals surface area contributed by atoms with Crippen LogP contribution in [0.1, 0.15) is 24.4 Å². The second-order valence-corrected chi connectivity index (χ2v) is 5.31. The number of piperidine rings is 1. The van der Waals surface area contributed by atoms with Gasteiger partial charge in [-0.2, -0.15) is 0 Å². The van der Waals surface area contributed by atoms with E-state index in [0.717, 1.165) is 25.9 Å². The van der Waals surface area contributed by atoms with E-state index in [0.29, 0.717) is 4.47 Å². The lowest BCUT2D eigenvalue weighted by molar-refractivity contribution is 0.311. The van der Waals surface area contributed by atoms with Gasteiger partial charge in [0.1, 0.15) is 11.6 Å². The van der Waals surface area contributed by atoms with Gasteiger partial charge in [-0.15, -0.1) is 12.4 Å². The molecule has 1 aromatic carbocycles. The molecule has 0 saturated carbocycles. The highest BCUT2D eigenvalue weighted by Gasteiger charge is 2.26. The van der Waals surface area contributed by atoms with Crippen LogP contribution in [0.4, 0.5) is 8.78 Å². The summed E-state index contributed by atoms with van der Waals surface area (Å²) in [6.45, 7) is 1.72. The number of nitrogens with two attached hydrogens (primary N) is 1. The molecule has 2 rings (SSSR count). The second-order valence-electron chi connectivity index (χ2n) is 4.40. The van der Waals surface area contributed by atoms with Crippen LogP contribution >= 0.6 is 28.3 Å². The third kappa shape index (κ3) is 3.41. The first kappa shape index (κ1) is 15.8. The topological polar surface area (TPSA) is 38.0 Å². The van der Waals surface area contributed by atoms with Crippen molar-refractivity contribution in [3.05, 3.63) is 33.8 Å². The number of hydrogen-bond acceptors (Lipinski definition) is 2. The summed E-state index contributed by atoms with van der Waals surface area (Å²) in [5.41, 5.74) is 6.01. The Morgan fingerprint density at radius 1 is 1.22 bits per heavy atom. The van der Waals surface area contributed by atoms with E-state index in [-0.39, 0.29) is 23.9 Å². The zero-order valence-electron chi connectivity index (χ0n) is 9.76. The smallest absolute Gasteiger partial charge is 0.132 e. The first-order valence-corrected chi connectivity index (χ1v) is 6.49. The zero-order valence-corrected chi connectivity index (χ0v) is 12.2. The van der Waals surface area contributed by atoms with Crippen LogP contribution < -0.4 is 11.1 Å². The molecule has 18 heavy (non-hydrogen) atoms. The van der Waals surface area contributed by atoms with E-state index in [1.165, 1.54) is 12.1 Å². The van der Waals surface area contributed by atoms with Crippen molar-refractivity contribution in [2.24, 2.45) is 11.7 Å². The van der Waals surface area contributed by atoms with Crippen molar-refractivity contribution in [2.45, 2.75) is 18.9 Å². The summed E-state index contributed by atoms with van der Waals surface area (Å²) in [5, 5.41) is 3.21. The van der Waals surface area contributed by atoms with Crippen LogP contribution in [-0.2, 0) is 0 Å². The van der Waals surface area contributed by atoms with Gasteiger partial charge < -0.3 is 11.1 Å². The Morgan fingerprint density at radius 2 is 1.72 bits per heavy atom. The van der Waals surface area contributed by atoms with Gasteiger partial charge in [0.05, 0.1) is 0 Å². The molecular formula is C12H16BrClF2N2. The number of benzene rings is 1. The minimum atomic E-state index is -0.567. The molecule has 0 aromatic heterocycles. The maximum Gasteiger partial charge on any atom is 0.132 e. The second kappa shape index (κ2) is 6.80. The van der Waals surface area contributed by atoms with E-state index in [1.807, 2.05) is 0 Å². The molecular weight excluding hydrogens is 325 g/mol. The fourth-order valence-electron chi connectivity index (χ4n) is 2.31. The van der Waals surface area contributed by atoms with Gasteiger partial charge in [-0.25, -0.2) is 8.78 Å². The van der Waals surface area contributed by atoms with Gasteiger partial charge in [-0.05, 0) is 44.0 Å². The maximum absolute atomic E-state index is 13.8. The molecule has 2 nitrogen and oxygen atoms in total. The molecule has 1 aliphatic rings. The Kier molecular flexibility index (Phi) is 5.98. The third-order valence-corrected chi connectivity index (χ3v) is 3.73. The molecule has 102 valence electrons. The maximum atomic E-state index is 13.8. The predicted molar refractivity (Wildman–Crippen MR) is 73.8 cm³/mol. The average Bonchev–Trinajstić information content (AvgIpc) is 2.28. The van der Waals surface area contributed by atoms with Crippen molar-refractivity contribution in [3.63, 3.8) is 0 Å². The van der Waals surface area contributed by atoms with Crippen molar-refractivity contribution in [1.82, 2.24) is 5.32 Å². The summed E-state index contributed by atoms with van der Waals surface area (Å²) < 4.78 is 27.9. The van der Waals surface area contributed by atoms with Crippen molar-refractivity contribution in [2.75, 3.05) is 13.1 Å². The summed E-state index contributed by atoms with van der Waals surface area (Å²) in [6.07, 6.45) is 1.71. The summed E-state index contributed by atoms with van der Waals surface area (Å²) in [7, 11) is 0. The van der Waals surface area contributed by atoms with Gasteiger partial charge in [-0.1, -0.05) is 15.9 Å². The molecule has 1 atom stereocenters. The number of halogens is 4. The van der Waals surface area contributed by atoms with Crippen molar-refractivity contribution < 1.29 is 8.78 Å². The summed E-state index contributed by atoms with van der Waals surface area (Å²) in [5.74, 6) is -0.993. The zero-order chi connectivity index (χ0) is 12.4. The Labute approximate surface area is 120 Å². The van der Waals surface area contributed by atoms with Crippen molar-refractivity contribution in [3.8, 4) is 0 Å². The molecule has 1 aliphatic heterocycles. The van der Waals surface area contributed by atoms with E-state index >= 15 is 0 Å². The molecule has 3 N–H and O–H groups in total. The largest absolute Gasteiger partial charge is 0.324 e. The quantitative estimate of drug-likeness (QED) is 0.867. The first-order valence-electron chi connectivity index (χ1n) is 5.70. The summed E-state index contributed by atoms with van der Waals surface area (Å²) in [4.78, 5) is 0. The standard InChI is InChI=1S/C12H15BrF2N2.ClH/c13-8-5-9(14)11(10(15)6-8)12(16)7-1-3-17-4-2-7;/h5-7,12,17H,1-4,16H2;1H/t12-;/m1./s1. The summed E-state index contributed by atoms with van der Waals surface area (Å²) in [6, 6.07) is 1.96. The average molecular weight is 342 g/mol. The van der Waals surface area contributed by atoms with Gasteiger partial charge in [0, 0.05) is 16.1 Å². The molecule has 0 amide bonds. The molecule has 0 aliphatic carbocycles. The molecule has 1 heterocycles. The third-order valence-electron chi connectivity index (χ3n) is 3.27. The Bertz CT molecular complexity index is 388. The van der Waals surface area contributed by atoms with Crippen LogP contribution in [0.3, 0.4) is 0 Å². The Morgan fingerprint density at radius 3 is 2.22 bits per heavy atom. The molecule has 1 saturated heterocycles. The molecule has 1 aromatic rings. The van der Waals surface area contributed by atoms with Crippen LogP contribution in [0.15, 0.2) is 16.6 Å². The number of hydrogen-bond donors (Lipinski definition) is 2. The van der Waals surface area contributed by atoms with Gasteiger partial charge >= 0.3 is 0 Å². The lowest BCUT2D eigenvalue weighted by Gasteiger charge is -2.28. The van der Waals surface area contributed by atoms with Gasteiger partial charge in [0.25, 0.3) is 0 Å². The van der Waals surface area contributed by atoms with Crippen molar-refractivity contribution in [1.29, 1.82) is 0 Å². The Balaban J connectivity index is 0.00000162. The molecule has 6 heteroatoms. The minimum absolute atomic E-state index is 0. The fraction of sp³-hybridized carbons (Fsp3) is 0.500. The SMILES string of the molecule is Cl.N[C@@H](c1c(F)cc(Br)cc1F)C1CCNCC1. The molecule has 0 unspecified atom stereocenters. The first-order chi connectivity index (χ1) is 8.09. The highest BCUT2D eigenvalue weighted by molar-refractivity contribution is 9.10. The molecule has 1 fully saturated rings. The van der Waals surface area contributed by atoms with Crippen LogP contribution in [0.5, 0.6) is 0 Å². The van der Waals surface area contributed by atoms with E-state index in [9.17, 15) is 8.78 Å². The Hall–Kier alpha value is -0.230. The summed E-state index contributed by atoms with van der Waals surface area (Å²) >= 11 is 3.06. The highest BCUT2D eigenvalue weighted by atomic mass is 79.9. The monoisotopic (exact) mass is 340 g/mol. The lowest BCUT2D eigenvalue weighted by atomic mass is 9.86. The molecule has 0 bridgehead atoms. The minimum Gasteiger partial charge on any atom is -0.324 e. The normalized spacial score (nSPS) is 18.2. The van der Waals surface area contributed by atoms with E-state index in [2.05, 4.69) is 21.2 Å². The lowest BCUT2D eigenvalue weighted by Crippen LogP contribution is -2.34. The van der Waals surface area contributed by atoms with Crippen LogP contribution in [-0.4, -0.2) is 13.1 Å². The van der Waals surface area contributed by atoms with E-state index in [4.69, 9.17) is 5.73 Å². The highest BCUT2D eigenvalue weighted by Crippen LogP contribution is 2.31.